The van der Waals surface area contributed by atoms with Gasteiger partial charge in [0.05, 0.1) is 6.61 Å². The van der Waals surface area contributed by atoms with E-state index in [1.54, 1.807) is 0 Å². The van der Waals surface area contributed by atoms with Gasteiger partial charge in [0.15, 0.2) is 33.3 Å². The van der Waals surface area contributed by atoms with E-state index < -0.39 is 57.6 Å². The van der Waals surface area contributed by atoms with E-state index >= 15 is 0 Å². The molecule has 0 heterocycles. The van der Waals surface area contributed by atoms with Gasteiger partial charge in [-0.3, -0.25) is 0 Å². The van der Waals surface area contributed by atoms with Crippen molar-refractivity contribution in [2.75, 3.05) is 6.61 Å². The van der Waals surface area contributed by atoms with Crippen molar-refractivity contribution in [2.24, 2.45) is 0 Å². The number of ether oxygens (including phenoxy) is 1. The molecule has 13 heteroatoms. The molecule has 0 spiro atoms. The molecule has 0 aromatic carbocycles. The molecule has 184 valence electrons. The Morgan fingerprint density at radius 1 is 0.742 bits per heavy atom. The predicted octanol–water partition coefficient (Wildman–Crippen LogP) is 5.18. The van der Waals surface area contributed by atoms with Crippen LogP contribution in [0.4, 0.5) is 0 Å². The number of carbonyl (C=O) groups excluding carboxylic acids is 1. The van der Waals surface area contributed by atoms with Crippen molar-refractivity contribution in [3.8, 4) is 0 Å². The summed E-state index contributed by atoms with van der Waals surface area (Å²) in [7, 11) is -13.7. The van der Waals surface area contributed by atoms with Gasteiger partial charge in [-0.25, -0.2) is 4.79 Å². The summed E-state index contributed by atoms with van der Waals surface area (Å²) in [6.45, 7) is 29.3. The van der Waals surface area contributed by atoms with Crippen LogP contribution in [0.25, 0.3) is 0 Å². The van der Waals surface area contributed by atoms with E-state index in [0.29, 0.717) is 19.1 Å². The second kappa shape index (κ2) is 12.1. The van der Waals surface area contributed by atoms with E-state index in [2.05, 4.69) is 85.1 Å². The normalized spacial score (nSPS) is 15.0. The lowest BCUT2D eigenvalue weighted by atomic mass is 10.5. The van der Waals surface area contributed by atoms with Crippen molar-refractivity contribution in [3.05, 3.63) is 12.7 Å². The first kappa shape index (κ1) is 31.3. The van der Waals surface area contributed by atoms with E-state index in [1.807, 2.05) is 0 Å². The standard InChI is InChI=1S/C18H46O7Si6/c1-14-18(19)20-16-15-17-26(21-27(2,3)4)22-31(23-28(5,6)7,24-29(8,9)10)25-30(11,12)13/h14,26H,1,15-17H2,2-13H3. The molecule has 0 radical (unpaired) electrons. The van der Waals surface area contributed by atoms with Gasteiger partial charge in [-0.05, 0) is 91.0 Å². The zero-order valence-electron chi connectivity index (χ0n) is 21.8. The smallest absolute Gasteiger partial charge is 0.463 e. The lowest BCUT2D eigenvalue weighted by Crippen LogP contribution is -2.64. The average Bonchev–Trinajstić information content (AvgIpc) is 2.43. The molecule has 0 aliphatic rings. The van der Waals surface area contributed by atoms with Crippen LogP contribution in [-0.2, 0) is 30.1 Å². The second-order valence-electron chi connectivity index (χ2n) is 11.4. The van der Waals surface area contributed by atoms with Gasteiger partial charge in [-0.15, -0.1) is 0 Å². The van der Waals surface area contributed by atoms with E-state index in [4.69, 9.17) is 25.3 Å². The zero-order valence-corrected chi connectivity index (χ0v) is 28.0. The SMILES string of the molecule is C=CC(=O)OCCC[SiH](O[Si](C)(C)C)O[Si](O[Si](C)(C)C)(O[Si](C)(C)C)O[Si](C)(C)C. The van der Waals surface area contributed by atoms with Gasteiger partial charge in [0.1, 0.15) is 0 Å². The molecule has 0 saturated heterocycles. The van der Waals surface area contributed by atoms with E-state index in [1.165, 1.54) is 6.08 Å². The van der Waals surface area contributed by atoms with Gasteiger partial charge in [0.2, 0.25) is 0 Å². The summed E-state index contributed by atoms with van der Waals surface area (Å²) < 4.78 is 38.3. The highest BCUT2D eigenvalue weighted by atomic mass is 28.5. The maximum atomic E-state index is 11.4. The molecule has 0 fully saturated rings. The molecule has 0 bridgehead atoms. The molecule has 1 unspecified atom stereocenters. The maximum Gasteiger partial charge on any atom is 0.638 e. The van der Waals surface area contributed by atoms with Gasteiger partial charge >= 0.3 is 24.3 Å². The van der Waals surface area contributed by atoms with Crippen molar-refractivity contribution in [1.82, 2.24) is 0 Å². The van der Waals surface area contributed by atoms with Crippen LogP contribution in [0.15, 0.2) is 12.7 Å². The summed E-state index contributed by atoms with van der Waals surface area (Å²) >= 11 is 0. The van der Waals surface area contributed by atoms with Crippen LogP contribution in [-0.4, -0.2) is 64.2 Å². The Kier molecular flexibility index (Phi) is 12.3. The van der Waals surface area contributed by atoms with E-state index in [0.717, 1.165) is 0 Å². The Hall–Kier alpha value is 0.311. The highest BCUT2D eigenvalue weighted by Gasteiger charge is 2.55. The Morgan fingerprint density at radius 3 is 1.48 bits per heavy atom. The van der Waals surface area contributed by atoms with Crippen LogP contribution in [0, 0.1) is 0 Å². The number of rotatable bonds is 15. The van der Waals surface area contributed by atoms with Crippen LogP contribution < -0.4 is 0 Å². The van der Waals surface area contributed by atoms with Crippen LogP contribution in [0.3, 0.4) is 0 Å². The fourth-order valence-electron chi connectivity index (χ4n) is 2.44. The topological polar surface area (TPSA) is 72.5 Å². The monoisotopic (exact) mass is 542 g/mol. The Balaban J connectivity index is 5.88. The Bertz CT molecular complexity index is 535. The van der Waals surface area contributed by atoms with Crippen LogP contribution >= 0.6 is 0 Å². The third kappa shape index (κ3) is 17.5. The molecular weight excluding hydrogens is 497 g/mol. The van der Waals surface area contributed by atoms with E-state index in [-0.39, 0.29) is 0 Å². The molecule has 0 rings (SSSR count). The molecule has 0 aromatic heterocycles. The van der Waals surface area contributed by atoms with Crippen molar-refractivity contribution in [1.29, 1.82) is 0 Å². The molecular formula is C18H46O7Si6. The summed E-state index contributed by atoms with van der Waals surface area (Å²) in [4.78, 5) is 11.4. The van der Waals surface area contributed by atoms with Gasteiger partial charge in [0.25, 0.3) is 0 Å². The zero-order chi connectivity index (χ0) is 24.7. The average molecular weight is 543 g/mol. The second-order valence-corrected chi connectivity index (χ2v) is 35.1. The van der Waals surface area contributed by atoms with Crippen molar-refractivity contribution in [3.63, 3.8) is 0 Å². The van der Waals surface area contributed by atoms with Gasteiger partial charge < -0.3 is 25.3 Å². The largest absolute Gasteiger partial charge is 0.638 e. The summed E-state index contributed by atoms with van der Waals surface area (Å²) in [5, 5.41) is 0. The number of hydrogen-bond donors (Lipinski definition) is 0. The lowest BCUT2D eigenvalue weighted by Gasteiger charge is -2.43. The highest BCUT2D eigenvalue weighted by molar-refractivity contribution is 6.90. The van der Waals surface area contributed by atoms with Gasteiger partial charge in [-0.1, -0.05) is 6.58 Å². The predicted molar refractivity (Wildman–Crippen MR) is 142 cm³/mol. The minimum Gasteiger partial charge on any atom is -0.463 e. The molecule has 7 nitrogen and oxygen atoms in total. The Morgan fingerprint density at radius 2 is 1.16 bits per heavy atom. The van der Waals surface area contributed by atoms with Gasteiger partial charge in [0, 0.05) is 6.08 Å². The first-order chi connectivity index (χ1) is 13.7. The van der Waals surface area contributed by atoms with Crippen molar-refractivity contribution >= 4 is 57.6 Å². The maximum absolute atomic E-state index is 11.4. The third-order valence-electron chi connectivity index (χ3n) is 3.05. The van der Waals surface area contributed by atoms with Crippen LogP contribution in [0.5, 0.6) is 0 Å². The van der Waals surface area contributed by atoms with Crippen LogP contribution in [0.2, 0.25) is 84.6 Å². The summed E-state index contributed by atoms with van der Waals surface area (Å²) in [6, 6.07) is 0.683. The number of hydrogen-bond acceptors (Lipinski definition) is 7. The highest BCUT2D eigenvalue weighted by Crippen LogP contribution is 2.29. The third-order valence-corrected chi connectivity index (χ3v) is 20.4. The molecule has 0 aliphatic heterocycles. The van der Waals surface area contributed by atoms with Crippen LogP contribution in [0.1, 0.15) is 6.42 Å². The molecule has 31 heavy (non-hydrogen) atoms. The quantitative estimate of drug-likeness (QED) is 0.122. The summed E-state index contributed by atoms with van der Waals surface area (Å²) in [5.41, 5.74) is 0. The molecule has 0 saturated carbocycles. The fourth-order valence-corrected chi connectivity index (χ4v) is 21.5. The minimum atomic E-state index is -3.43. The Labute approximate surface area is 197 Å². The fraction of sp³-hybridized carbons (Fsp3) is 0.833. The lowest BCUT2D eigenvalue weighted by molar-refractivity contribution is -0.137. The van der Waals surface area contributed by atoms with Gasteiger partial charge in [-0.2, -0.15) is 0 Å². The number of carbonyl (C=O) groups is 1. The first-order valence-electron chi connectivity index (χ1n) is 10.9. The molecule has 0 amide bonds. The molecule has 1 atom stereocenters. The minimum absolute atomic E-state index is 0.306. The first-order valence-corrected chi connectivity index (χ1v) is 27.9. The molecule has 0 aromatic rings. The van der Waals surface area contributed by atoms with E-state index in [9.17, 15) is 4.79 Å². The molecule has 0 N–H and O–H groups in total. The summed E-state index contributed by atoms with van der Waals surface area (Å²) in [5.74, 6) is -0.417. The number of esters is 1. The van der Waals surface area contributed by atoms with Crippen molar-refractivity contribution in [2.45, 2.75) is 91.0 Å². The molecule has 0 aliphatic carbocycles. The summed E-state index contributed by atoms with van der Waals surface area (Å²) in [6.07, 6.45) is 1.82. The van der Waals surface area contributed by atoms with Crippen molar-refractivity contribution < 1.29 is 30.1 Å².